The summed E-state index contributed by atoms with van der Waals surface area (Å²) in [6, 6.07) is 5.72. The average molecular weight is 165 g/mol. The van der Waals surface area contributed by atoms with Gasteiger partial charge in [0.2, 0.25) is 0 Å². The van der Waals surface area contributed by atoms with Crippen molar-refractivity contribution >= 4 is 5.82 Å². The van der Waals surface area contributed by atoms with Gasteiger partial charge < -0.3 is 11.1 Å². The molecule has 1 unspecified atom stereocenters. The van der Waals surface area contributed by atoms with E-state index >= 15 is 0 Å². The molecule has 1 rings (SSSR count). The van der Waals surface area contributed by atoms with Crippen LogP contribution in [0.3, 0.4) is 0 Å². The summed E-state index contributed by atoms with van der Waals surface area (Å²) in [6.45, 7) is 4.14. The molecule has 0 aliphatic carbocycles. The summed E-state index contributed by atoms with van der Waals surface area (Å²) in [4.78, 5) is 4.11. The molecule has 0 aromatic carbocycles. The van der Waals surface area contributed by atoms with E-state index in [1.807, 2.05) is 18.2 Å². The van der Waals surface area contributed by atoms with Gasteiger partial charge in [0.25, 0.3) is 0 Å². The van der Waals surface area contributed by atoms with Crippen molar-refractivity contribution in [3.05, 3.63) is 24.4 Å². The molecule has 0 saturated carbocycles. The lowest BCUT2D eigenvalue weighted by molar-refractivity contribution is 0.538. The fraction of sp³-hybridized carbons (Fsp3) is 0.444. The molecule has 0 radical (unpaired) electrons. The molecule has 0 aliphatic heterocycles. The molecule has 0 bridgehead atoms. The van der Waals surface area contributed by atoms with Crippen LogP contribution >= 0.6 is 0 Å². The third kappa shape index (κ3) is 2.51. The molecular formula is C9H15N3. The van der Waals surface area contributed by atoms with Crippen molar-refractivity contribution in [3.63, 3.8) is 0 Å². The smallest absolute Gasteiger partial charge is 0.127 e. The first-order valence-electron chi connectivity index (χ1n) is 4.13. The van der Waals surface area contributed by atoms with Gasteiger partial charge in [0.1, 0.15) is 5.82 Å². The molecule has 0 spiro atoms. The number of nitrogens with one attached hydrogen (secondary N) is 1. The molecule has 3 nitrogen and oxygen atoms in total. The Kier molecular flexibility index (Phi) is 3.05. The number of rotatable bonds is 3. The standard InChI is InChI=1S/C9H15N3/c1-7(2)9(10)12-8-5-3-4-6-11-8/h3-7,9H,10H2,1-2H3,(H,11,12). The first-order chi connectivity index (χ1) is 5.70. The quantitative estimate of drug-likeness (QED) is 0.666. The highest BCUT2D eigenvalue weighted by Gasteiger charge is 2.06. The molecule has 3 heteroatoms. The zero-order valence-corrected chi connectivity index (χ0v) is 7.49. The lowest BCUT2D eigenvalue weighted by atomic mass is 10.1. The van der Waals surface area contributed by atoms with Crippen LogP contribution in [0.15, 0.2) is 24.4 Å². The maximum atomic E-state index is 5.80. The Labute approximate surface area is 73.0 Å². The van der Waals surface area contributed by atoms with E-state index in [4.69, 9.17) is 5.73 Å². The van der Waals surface area contributed by atoms with Crippen LogP contribution < -0.4 is 11.1 Å². The number of nitrogens with two attached hydrogens (primary N) is 1. The molecule has 0 saturated heterocycles. The molecule has 0 amide bonds. The van der Waals surface area contributed by atoms with Gasteiger partial charge in [-0.25, -0.2) is 4.98 Å². The number of hydrogen-bond acceptors (Lipinski definition) is 3. The van der Waals surface area contributed by atoms with E-state index in [-0.39, 0.29) is 6.17 Å². The summed E-state index contributed by atoms with van der Waals surface area (Å²) in [5, 5.41) is 3.11. The van der Waals surface area contributed by atoms with Crippen LogP contribution in [-0.4, -0.2) is 11.1 Å². The lowest BCUT2D eigenvalue weighted by Gasteiger charge is -2.17. The maximum Gasteiger partial charge on any atom is 0.127 e. The molecule has 1 heterocycles. The van der Waals surface area contributed by atoms with Gasteiger partial charge in [-0.1, -0.05) is 19.9 Å². The Hall–Kier alpha value is -1.09. The normalized spacial score (nSPS) is 13.0. The Balaban J connectivity index is 2.53. The molecule has 66 valence electrons. The van der Waals surface area contributed by atoms with Crippen molar-refractivity contribution < 1.29 is 0 Å². The first-order valence-corrected chi connectivity index (χ1v) is 4.13. The Bertz CT molecular complexity index is 220. The van der Waals surface area contributed by atoms with Crippen LogP contribution in [0.2, 0.25) is 0 Å². The third-order valence-corrected chi connectivity index (χ3v) is 1.70. The number of pyridine rings is 1. The van der Waals surface area contributed by atoms with Crippen molar-refractivity contribution in [2.45, 2.75) is 20.0 Å². The highest BCUT2D eigenvalue weighted by Crippen LogP contribution is 2.04. The zero-order chi connectivity index (χ0) is 8.97. The SMILES string of the molecule is CC(C)C(N)Nc1ccccn1. The van der Waals surface area contributed by atoms with Crippen molar-refractivity contribution in [3.8, 4) is 0 Å². The number of aromatic nitrogens is 1. The van der Waals surface area contributed by atoms with E-state index in [0.717, 1.165) is 5.82 Å². The Morgan fingerprint density at radius 1 is 1.42 bits per heavy atom. The van der Waals surface area contributed by atoms with Crippen LogP contribution in [0.1, 0.15) is 13.8 Å². The highest BCUT2D eigenvalue weighted by molar-refractivity contribution is 5.34. The molecule has 3 N–H and O–H groups in total. The minimum absolute atomic E-state index is 0.0279. The summed E-state index contributed by atoms with van der Waals surface area (Å²) in [7, 11) is 0. The zero-order valence-electron chi connectivity index (χ0n) is 7.49. The highest BCUT2D eigenvalue weighted by atomic mass is 15.1. The van der Waals surface area contributed by atoms with E-state index in [2.05, 4.69) is 24.1 Å². The van der Waals surface area contributed by atoms with Gasteiger partial charge in [-0.15, -0.1) is 0 Å². The predicted octanol–water partition coefficient (Wildman–Crippen LogP) is 1.43. The summed E-state index contributed by atoms with van der Waals surface area (Å²) in [5.74, 6) is 1.24. The van der Waals surface area contributed by atoms with Crippen LogP contribution in [0.25, 0.3) is 0 Å². The molecule has 1 aromatic rings. The monoisotopic (exact) mass is 165 g/mol. The van der Waals surface area contributed by atoms with E-state index in [1.54, 1.807) is 6.20 Å². The van der Waals surface area contributed by atoms with Gasteiger partial charge in [-0.3, -0.25) is 0 Å². The summed E-state index contributed by atoms with van der Waals surface area (Å²) in [5.41, 5.74) is 5.80. The average Bonchev–Trinajstić information content (AvgIpc) is 2.06. The van der Waals surface area contributed by atoms with Gasteiger partial charge in [-0.2, -0.15) is 0 Å². The Morgan fingerprint density at radius 2 is 2.17 bits per heavy atom. The van der Waals surface area contributed by atoms with Gasteiger partial charge in [0.15, 0.2) is 0 Å². The number of nitrogens with zero attached hydrogens (tertiary/aromatic N) is 1. The topological polar surface area (TPSA) is 50.9 Å². The summed E-state index contributed by atoms with van der Waals surface area (Å²) in [6.07, 6.45) is 1.72. The molecule has 1 aromatic heterocycles. The number of hydrogen-bond donors (Lipinski definition) is 2. The van der Waals surface area contributed by atoms with Crippen molar-refractivity contribution in [1.29, 1.82) is 0 Å². The summed E-state index contributed by atoms with van der Waals surface area (Å²) < 4.78 is 0. The summed E-state index contributed by atoms with van der Waals surface area (Å²) >= 11 is 0. The minimum atomic E-state index is -0.0279. The largest absolute Gasteiger partial charge is 0.355 e. The van der Waals surface area contributed by atoms with Crippen LogP contribution in [-0.2, 0) is 0 Å². The maximum absolute atomic E-state index is 5.80. The van der Waals surface area contributed by atoms with Crippen molar-refractivity contribution in [2.24, 2.45) is 11.7 Å². The molecular weight excluding hydrogens is 150 g/mol. The molecule has 1 atom stereocenters. The predicted molar refractivity (Wildman–Crippen MR) is 50.7 cm³/mol. The van der Waals surface area contributed by atoms with Crippen LogP contribution in [0.5, 0.6) is 0 Å². The number of anilines is 1. The third-order valence-electron chi connectivity index (χ3n) is 1.70. The van der Waals surface area contributed by atoms with Gasteiger partial charge in [0.05, 0.1) is 6.17 Å². The molecule has 12 heavy (non-hydrogen) atoms. The van der Waals surface area contributed by atoms with E-state index < -0.39 is 0 Å². The van der Waals surface area contributed by atoms with Crippen molar-refractivity contribution in [2.75, 3.05) is 5.32 Å². The fourth-order valence-corrected chi connectivity index (χ4v) is 0.786. The van der Waals surface area contributed by atoms with E-state index in [0.29, 0.717) is 5.92 Å². The van der Waals surface area contributed by atoms with Gasteiger partial charge in [-0.05, 0) is 18.1 Å². The van der Waals surface area contributed by atoms with Crippen LogP contribution in [0, 0.1) is 5.92 Å². The molecule has 0 aliphatic rings. The second-order valence-corrected chi connectivity index (χ2v) is 3.13. The molecule has 0 fully saturated rings. The van der Waals surface area contributed by atoms with Crippen LogP contribution in [0.4, 0.5) is 5.82 Å². The minimum Gasteiger partial charge on any atom is -0.355 e. The van der Waals surface area contributed by atoms with Gasteiger partial charge >= 0.3 is 0 Å². The first kappa shape index (κ1) is 9.00. The van der Waals surface area contributed by atoms with E-state index in [9.17, 15) is 0 Å². The second kappa shape index (κ2) is 4.07. The van der Waals surface area contributed by atoms with E-state index in [1.165, 1.54) is 0 Å². The lowest BCUT2D eigenvalue weighted by Crippen LogP contribution is -2.35. The Morgan fingerprint density at radius 3 is 2.67 bits per heavy atom. The van der Waals surface area contributed by atoms with Crippen molar-refractivity contribution in [1.82, 2.24) is 4.98 Å². The second-order valence-electron chi connectivity index (χ2n) is 3.13. The fourth-order valence-electron chi connectivity index (χ4n) is 0.786. The van der Waals surface area contributed by atoms with Gasteiger partial charge in [0, 0.05) is 6.20 Å².